The minimum Gasteiger partial charge on any atom is -0.508 e. The van der Waals surface area contributed by atoms with E-state index in [9.17, 15) is 24.8 Å². The summed E-state index contributed by atoms with van der Waals surface area (Å²) in [6, 6.07) is 14.6. The summed E-state index contributed by atoms with van der Waals surface area (Å²) >= 11 is 0. The Bertz CT molecular complexity index is 1120. The van der Waals surface area contributed by atoms with Crippen molar-refractivity contribution in [1.82, 2.24) is 15.5 Å². The van der Waals surface area contributed by atoms with Crippen LogP contribution in [0.2, 0.25) is 0 Å². The Morgan fingerprint density at radius 2 is 1.76 bits per heavy atom. The van der Waals surface area contributed by atoms with Gasteiger partial charge in [0.2, 0.25) is 11.8 Å². The summed E-state index contributed by atoms with van der Waals surface area (Å²) in [5, 5.41) is 25.3. The number of benzene rings is 2. The molecular formula is C29H38N4O5. The van der Waals surface area contributed by atoms with Crippen molar-refractivity contribution < 1.29 is 24.2 Å². The molecule has 0 radical (unpaired) electrons. The number of carbonyl (C=O) groups is 3. The number of hydrogen-bond donors (Lipinski definition) is 3. The molecule has 0 saturated carbocycles. The highest BCUT2D eigenvalue weighted by Gasteiger charge is 2.37. The first-order valence-corrected chi connectivity index (χ1v) is 12.7. The maximum Gasteiger partial charge on any atom is 0.408 e. The Labute approximate surface area is 224 Å². The average Bonchev–Trinajstić information content (AvgIpc) is 2.82. The van der Waals surface area contributed by atoms with Crippen LogP contribution < -0.4 is 10.6 Å². The first kappa shape index (κ1) is 30.2. The molecule has 0 aliphatic heterocycles. The van der Waals surface area contributed by atoms with Crippen LogP contribution in [0.3, 0.4) is 0 Å². The van der Waals surface area contributed by atoms with E-state index in [4.69, 9.17) is 4.74 Å². The first-order valence-electron chi connectivity index (χ1n) is 12.7. The average molecular weight is 523 g/mol. The van der Waals surface area contributed by atoms with Crippen molar-refractivity contribution in [2.24, 2.45) is 0 Å². The molecule has 3 N–H and O–H groups in total. The molecule has 0 heterocycles. The summed E-state index contributed by atoms with van der Waals surface area (Å²) in [5.41, 5.74) is 0.315. The lowest BCUT2D eigenvalue weighted by atomic mass is 9.99. The molecule has 3 amide bonds. The highest BCUT2D eigenvalue weighted by atomic mass is 16.6. The molecule has 2 rings (SSSR count). The second-order valence-corrected chi connectivity index (χ2v) is 10.2. The van der Waals surface area contributed by atoms with Crippen LogP contribution in [0.25, 0.3) is 0 Å². The number of amides is 3. The molecule has 2 aromatic rings. The lowest BCUT2D eigenvalue weighted by molar-refractivity contribution is -0.142. The van der Waals surface area contributed by atoms with Crippen LogP contribution in [-0.2, 0) is 20.7 Å². The second kappa shape index (κ2) is 14.0. The molecule has 3 unspecified atom stereocenters. The van der Waals surface area contributed by atoms with Crippen LogP contribution in [-0.4, -0.2) is 52.1 Å². The van der Waals surface area contributed by atoms with Gasteiger partial charge in [0.15, 0.2) is 0 Å². The molecule has 0 aliphatic rings. The van der Waals surface area contributed by atoms with Gasteiger partial charge in [-0.1, -0.05) is 55.8 Å². The third-order valence-electron chi connectivity index (χ3n) is 5.65. The number of nitriles is 1. The largest absolute Gasteiger partial charge is 0.508 e. The number of nitrogens with one attached hydrogen (secondary N) is 2. The highest BCUT2D eigenvalue weighted by molar-refractivity contribution is 5.92. The second-order valence-electron chi connectivity index (χ2n) is 10.2. The smallest absolute Gasteiger partial charge is 0.408 e. The molecule has 0 fully saturated rings. The van der Waals surface area contributed by atoms with E-state index in [-0.39, 0.29) is 18.2 Å². The molecule has 9 heteroatoms. The van der Waals surface area contributed by atoms with Gasteiger partial charge in [0.05, 0.1) is 6.07 Å². The Kier molecular flexibility index (Phi) is 11.1. The van der Waals surface area contributed by atoms with E-state index in [2.05, 4.69) is 10.6 Å². The van der Waals surface area contributed by atoms with Gasteiger partial charge in [0.1, 0.15) is 30.0 Å². The van der Waals surface area contributed by atoms with E-state index in [1.165, 1.54) is 12.1 Å². The molecule has 204 valence electrons. The number of nitrogens with zero attached hydrogens (tertiary/aromatic N) is 2. The van der Waals surface area contributed by atoms with Gasteiger partial charge in [0, 0.05) is 12.5 Å². The van der Waals surface area contributed by atoms with Crippen molar-refractivity contribution in [1.29, 1.82) is 5.26 Å². The number of rotatable bonds is 11. The fraction of sp³-hybridized carbons (Fsp3) is 0.448. The van der Waals surface area contributed by atoms with Crippen LogP contribution >= 0.6 is 0 Å². The number of phenols is 1. The minimum atomic E-state index is -1.22. The quantitative estimate of drug-likeness (QED) is 0.379. The van der Waals surface area contributed by atoms with Crippen molar-refractivity contribution in [2.45, 2.75) is 77.6 Å². The molecule has 0 aliphatic carbocycles. The number of hydrogen-bond acceptors (Lipinski definition) is 6. The molecule has 2 aromatic carbocycles. The maximum absolute atomic E-state index is 14.0. The monoisotopic (exact) mass is 522 g/mol. The lowest BCUT2D eigenvalue weighted by Crippen LogP contribution is -2.54. The van der Waals surface area contributed by atoms with Gasteiger partial charge in [-0.05, 0) is 57.4 Å². The van der Waals surface area contributed by atoms with Crippen molar-refractivity contribution in [3.63, 3.8) is 0 Å². The number of aromatic hydroxyl groups is 1. The Balaban J connectivity index is 2.51. The van der Waals surface area contributed by atoms with E-state index in [1.54, 1.807) is 32.9 Å². The lowest BCUT2D eigenvalue weighted by Gasteiger charge is -2.33. The van der Waals surface area contributed by atoms with E-state index in [1.807, 2.05) is 50.2 Å². The summed E-state index contributed by atoms with van der Waals surface area (Å²) < 4.78 is 5.39. The number of carbonyl (C=O) groups excluding carboxylic acids is 3. The Hall–Kier alpha value is -4.06. The van der Waals surface area contributed by atoms with Crippen LogP contribution in [0, 0.1) is 11.3 Å². The number of ether oxygens (including phenoxy) is 1. The third kappa shape index (κ3) is 9.43. The Morgan fingerprint density at radius 1 is 1.08 bits per heavy atom. The summed E-state index contributed by atoms with van der Waals surface area (Å²) in [7, 11) is 0. The molecular weight excluding hydrogens is 484 g/mol. The third-order valence-corrected chi connectivity index (χ3v) is 5.65. The zero-order valence-electron chi connectivity index (χ0n) is 22.7. The number of alkyl carbamates (subject to hydrolysis) is 1. The van der Waals surface area contributed by atoms with Crippen molar-refractivity contribution >= 4 is 17.9 Å². The number of phenolic OH excluding ortho intramolecular Hbond substituents is 1. The van der Waals surface area contributed by atoms with Gasteiger partial charge in [-0.15, -0.1) is 0 Å². The minimum absolute atomic E-state index is 0.0843. The van der Waals surface area contributed by atoms with Gasteiger partial charge >= 0.3 is 6.09 Å². The van der Waals surface area contributed by atoms with Crippen LogP contribution in [0.1, 0.15) is 64.6 Å². The predicted octanol–water partition coefficient (Wildman–Crippen LogP) is 4.23. The van der Waals surface area contributed by atoms with Gasteiger partial charge in [-0.2, -0.15) is 5.26 Å². The zero-order valence-corrected chi connectivity index (χ0v) is 22.7. The van der Waals surface area contributed by atoms with Gasteiger partial charge in [-0.25, -0.2) is 4.79 Å². The van der Waals surface area contributed by atoms with Crippen LogP contribution in [0.4, 0.5) is 4.79 Å². The summed E-state index contributed by atoms with van der Waals surface area (Å²) in [6.07, 6.45) is 0.889. The molecule has 0 spiro atoms. The zero-order chi connectivity index (χ0) is 28.3. The van der Waals surface area contributed by atoms with Crippen molar-refractivity contribution in [2.75, 3.05) is 6.54 Å². The van der Waals surface area contributed by atoms with Crippen molar-refractivity contribution in [3.05, 3.63) is 65.7 Å². The van der Waals surface area contributed by atoms with E-state index in [0.717, 1.165) is 23.3 Å². The van der Waals surface area contributed by atoms with Crippen molar-refractivity contribution in [3.8, 4) is 11.8 Å². The van der Waals surface area contributed by atoms with Gasteiger partial charge < -0.3 is 25.4 Å². The summed E-state index contributed by atoms with van der Waals surface area (Å²) in [6.45, 7) is 8.57. The Morgan fingerprint density at radius 3 is 2.34 bits per heavy atom. The molecule has 0 bridgehead atoms. The van der Waals surface area contributed by atoms with Gasteiger partial charge in [-0.3, -0.25) is 9.59 Å². The molecule has 38 heavy (non-hydrogen) atoms. The summed E-state index contributed by atoms with van der Waals surface area (Å²) in [5.74, 6) is -1.21. The topological polar surface area (TPSA) is 132 Å². The SMILES string of the molecule is CCCC(C)NC(=O)C(c1cccc(O)c1)N(CC#N)C(=O)C(Cc1ccccc1)NC(=O)OC(C)(C)C. The fourth-order valence-corrected chi connectivity index (χ4v) is 4.07. The molecule has 3 atom stereocenters. The van der Waals surface area contributed by atoms with E-state index < -0.39 is 42.1 Å². The highest BCUT2D eigenvalue weighted by Crippen LogP contribution is 2.26. The summed E-state index contributed by atoms with van der Waals surface area (Å²) in [4.78, 5) is 41.4. The normalized spacial score (nSPS) is 13.4. The molecule has 0 saturated heterocycles. The standard InChI is InChI=1S/C29H38N4O5/c1-6-11-20(2)31-26(35)25(22-14-10-15-23(34)19-22)33(17-16-30)27(36)24(18-21-12-8-7-9-13-21)32-28(37)38-29(3,4)5/h7-10,12-15,19-20,24-25,34H,6,11,17-18H2,1-5H3,(H,31,35)(H,32,37). The van der Waals surface area contributed by atoms with E-state index >= 15 is 0 Å². The maximum atomic E-state index is 14.0. The molecule has 0 aromatic heterocycles. The molecule has 9 nitrogen and oxygen atoms in total. The van der Waals surface area contributed by atoms with E-state index in [0.29, 0.717) is 5.56 Å². The van der Waals surface area contributed by atoms with Gasteiger partial charge in [0.25, 0.3) is 0 Å². The predicted molar refractivity (Wildman–Crippen MR) is 144 cm³/mol. The van der Waals surface area contributed by atoms with Crippen LogP contribution in [0.5, 0.6) is 5.75 Å². The van der Waals surface area contributed by atoms with Crippen LogP contribution in [0.15, 0.2) is 54.6 Å². The fourth-order valence-electron chi connectivity index (χ4n) is 4.07. The first-order chi connectivity index (χ1) is 17.9.